The minimum Gasteiger partial charge on any atom is -0.451 e. The molecule has 32 heavy (non-hydrogen) atoms. The van der Waals surface area contributed by atoms with Crippen LogP contribution in [-0.4, -0.2) is 35.4 Å². The normalized spacial score (nSPS) is 18.0. The zero-order chi connectivity index (χ0) is 23.0. The molecule has 1 atom stereocenters. The van der Waals surface area contributed by atoms with Crippen molar-refractivity contribution in [1.82, 2.24) is 15.8 Å². The quantitative estimate of drug-likeness (QED) is 0.435. The summed E-state index contributed by atoms with van der Waals surface area (Å²) in [6.45, 7) is 0.748. The van der Waals surface area contributed by atoms with Crippen LogP contribution in [0.4, 0.5) is 9.18 Å². The number of carbonyl (C=O) groups is 4. The number of amides is 4. The van der Waals surface area contributed by atoms with E-state index in [1.54, 1.807) is 30.3 Å². The summed E-state index contributed by atoms with van der Waals surface area (Å²) in [5.74, 6) is -2.96. The van der Waals surface area contributed by atoms with E-state index in [2.05, 4.69) is 10.7 Å². The number of hydrogen-bond donors (Lipinski definition) is 2. The molecule has 11 heteroatoms. The SMILES string of the molecule is C[C@@]1(c2ccccc2)NC(=O)N(NC(=O)COC(=O)c2sc3cc(F)ccc3c2Cl)C1=O. The van der Waals surface area contributed by atoms with Crippen LogP contribution in [0.2, 0.25) is 5.02 Å². The standard InChI is InChI=1S/C21H15ClFN3O5S/c1-21(11-5-3-2-4-6-11)19(29)26(20(30)24-21)25-15(27)10-31-18(28)17-16(22)13-8-7-12(23)9-14(13)32-17/h2-9H,10H2,1H3,(H,24,30)(H,25,27)/t21-/m0/s1. The molecule has 0 radical (unpaired) electrons. The summed E-state index contributed by atoms with van der Waals surface area (Å²) in [6.07, 6.45) is 0. The summed E-state index contributed by atoms with van der Waals surface area (Å²) in [4.78, 5) is 49.6. The zero-order valence-corrected chi connectivity index (χ0v) is 18.1. The Labute approximate surface area is 189 Å². The largest absolute Gasteiger partial charge is 0.451 e. The van der Waals surface area contributed by atoms with Gasteiger partial charge >= 0.3 is 12.0 Å². The van der Waals surface area contributed by atoms with Gasteiger partial charge < -0.3 is 10.1 Å². The summed E-state index contributed by atoms with van der Waals surface area (Å²) in [5.41, 5.74) is 1.32. The first-order valence-electron chi connectivity index (χ1n) is 9.27. The van der Waals surface area contributed by atoms with Crippen molar-refractivity contribution in [3.05, 3.63) is 69.8 Å². The fourth-order valence-electron chi connectivity index (χ4n) is 3.23. The maximum absolute atomic E-state index is 13.4. The second-order valence-electron chi connectivity index (χ2n) is 7.06. The molecule has 4 amide bonds. The minimum absolute atomic E-state index is 0.00621. The fourth-order valence-corrected chi connectivity index (χ4v) is 4.66. The van der Waals surface area contributed by atoms with Gasteiger partial charge in [0.2, 0.25) is 0 Å². The van der Waals surface area contributed by atoms with E-state index >= 15 is 0 Å². The Bertz CT molecular complexity index is 1270. The van der Waals surface area contributed by atoms with Gasteiger partial charge in [0.15, 0.2) is 6.61 Å². The van der Waals surface area contributed by atoms with Crippen molar-refractivity contribution < 1.29 is 28.3 Å². The van der Waals surface area contributed by atoms with E-state index in [-0.39, 0.29) is 9.90 Å². The lowest BCUT2D eigenvalue weighted by molar-refractivity contribution is -0.140. The van der Waals surface area contributed by atoms with Crippen LogP contribution in [0.1, 0.15) is 22.2 Å². The van der Waals surface area contributed by atoms with Gasteiger partial charge in [0.05, 0.1) is 5.02 Å². The highest BCUT2D eigenvalue weighted by molar-refractivity contribution is 7.21. The monoisotopic (exact) mass is 475 g/mol. The molecule has 1 fully saturated rings. The lowest BCUT2D eigenvalue weighted by Gasteiger charge is -2.22. The van der Waals surface area contributed by atoms with Crippen LogP contribution >= 0.6 is 22.9 Å². The van der Waals surface area contributed by atoms with Crippen molar-refractivity contribution in [3.8, 4) is 0 Å². The molecular weight excluding hydrogens is 461 g/mol. The molecule has 8 nitrogen and oxygen atoms in total. The van der Waals surface area contributed by atoms with Crippen LogP contribution < -0.4 is 10.7 Å². The van der Waals surface area contributed by atoms with Gasteiger partial charge in [-0.1, -0.05) is 41.9 Å². The number of esters is 1. The van der Waals surface area contributed by atoms with E-state index < -0.39 is 41.8 Å². The molecule has 164 valence electrons. The minimum atomic E-state index is -1.36. The third kappa shape index (κ3) is 3.78. The molecule has 0 bridgehead atoms. The number of rotatable bonds is 5. The van der Waals surface area contributed by atoms with Crippen LogP contribution in [0, 0.1) is 5.82 Å². The molecule has 2 N–H and O–H groups in total. The first-order chi connectivity index (χ1) is 15.2. The van der Waals surface area contributed by atoms with E-state index in [9.17, 15) is 23.6 Å². The van der Waals surface area contributed by atoms with Gasteiger partial charge in [-0.05, 0) is 30.7 Å². The van der Waals surface area contributed by atoms with E-state index in [4.69, 9.17) is 16.3 Å². The molecular formula is C21H15ClFN3O5S. The first-order valence-corrected chi connectivity index (χ1v) is 10.5. The molecule has 1 saturated heterocycles. The van der Waals surface area contributed by atoms with Gasteiger partial charge in [-0.2, -0.15) is 5.01 Å². The molecule has 0 aliphatic carbocycles. The van der Waals surface area contributed by atoms with Crippen LogP contribution in [-0.2, 0) is 19.9 Å². The Morgan fingerprint density at radius 1 is 1.22 bits per heavy atom. The Balaban J connectivity index is 1.41. The van der Waals surface area contributed by atoms with Gasteiger partial charge in [-0.3, -0.25) is 15.0 Å². The number of ether oxygens (including phenoxy) is 1. The lowest BCUT2D eigenvalue weighted by Crippen LogP contribution is -2.49. The number of nitrogens with one attached hydrogen (secondary N) is 2. The van der Waals surface area contributed by atoms with Crippen LogP contribution in [0.5, 0.6) is 0 Å². The summed E-state index contributed by atoms with van der Waals surface area (Å²) >= 11 is 7.09. The highest BCUT2D eigenvalue weighted by Gasteiger charge is 2.50. The van der Waals surface area contributed by atoms with Crippen LogP contribution in [0.15, 0.2) is 48.5 Å². The smallest absolute Gasteiger partial charge is 0.350 e. The van der Waals surface area contributed by atoms with Crippen molar-refractivity contribution in [2.75, 3.05) is 6.61 Å². The number of thiophene rings is 1. The molecule has 1 aliphatic heterocycles. The topological polar surface area (TPSA) is 105 Å². The highest BCUT2D eigenvalue weighted by atomic mass is 35.5. The summed E-state index contributed by atoms with van der Waals surface area (Å²) < 4.78 is 18.8. The molecule has 1 aliphatic rings. The van der Waals surface area contributed by atoms with Gasteiger partial charge in [0.25, 0.3) is 11.8 Å². The summed E-state index contributed by atoms with van der Waals surface area (Å²) in [6, 6.07) is 11.6. The molecule has 0 spiro atoms. The Morgan fingerprint density at radius 2 is 1.94 bits per heavy atom. The predicted molar refractivity (Wildman–Crippen MR) is 114 cm³/mol. The number of halogens is 2. The Hall–Kier alpha value is -3.50. The fraction of sp³-hybridized carbons (Fsp3) is 0.143. The summed E-state index contributed by atoms with van der Waals surface area (Å²) in [7, 11) is 0. The molecule has 2 heterocycles. The molecule has 2 aromatic carbocycles. The zero-order valence-electron chi connectivity index (χ0n) is 16.5. The van der Waals surface area contributed by atoms with E-state index in [0.717, 1.165) is 11.3 Å². The van der Waals surface area contributed by atoms with Crippen molar-refractivity contribution in [3.63, 3.8) is 0 Å². The molecule has 3 aromatic rings. The Kier molecular flexibility index (Phi) is 5.57. The number of hydrogen-bond acceptors (Lipinski definition) is 6. The molecule has 4 rings (SSSR count). The summed E-state index contributed by atoms with van der Waals surface area (Å²) in [5, 5.41) is 3.64. The van der Waals surface area contributed by atoms with Crippen molar-refractivity contribution >= 4 is 56.8 Å². The van der Waals surface area contributed by atoms with Crippen molar-refractivity contribution in [2.24, 2.45) is 0 Å². The lowest BCUT2D eigenvalue weighted by atomic mass is 9.92. The maximum Gasteiger partial charge on any atom is 0.350 e. The van der Waals surface area contributed by atoms with Crippen molar-refractivity contribution in [1.29, 1.82) is 0 Å². The number of urea groups is 1. The van der Waals surface area contributed by atoms with Gasteiger partial charge in [0.1, 0.15) is 16.2 Å². The molecule has 0 unspecified atom stereocenters. The third-order valence-corrected chi connectivity index (χ3v) is 6.53. The number of benzene rings is 2. The van der Waals surface area contributed by atoms with Crippen LogP contribution in [0.25, 0.3) is 10.1 Å². The van der Waals surface area contributed by atoms with Gasteiger partial charge in [-0.15, -0.1) is 11.3 Å². The number of carbonyl (C=O) groups excluding carboxylic acids is 4. The van der Waals surface area contributed by atoms with Crippen molar-refractivity contribution in [2.45, 2.75) is 12.5 Å². The average molecular weight is 476 g/mol. The van der Waals surface area contributed by atoms with Gasteiger partial charge in [0, 0.05) is 10.1 Å². The molecule has 1 aromatic heterocycles. The number of fused-ring (bicyclic) bond motifs is 1. The molecule has 0 saturated carbocycles. The predicted octanol–water partition coefficient (Wildman–Crippen LogP) is 3.35. The number of imide groups is 1. The first kappa shape index (κ1) is 21.7. The Morgan fingerprint density at radius 3 is 2.66 bits per heavy atom. The highest BCUT2D eigenvalue weighted by Crippen LogP contribution is 2.36. The van der Waals surface area contributed by atoms with E-state index in [1.165, 1.54) is 25.1 Å². The number of nitrogens with zero attached hydrogens (tertiary/aromatic N) is 1. The average Bonchev–Trinajstić information content (AvgIpc) is 3.21. The second-order valence-corrected chi connectivity index (χ2v) is 8.49. The van der Waals surface area contributed by atoms with E-state index in [0.29, 0.717) is 20.7 Å². The third-order valence-electron chi connectivity index (χ3n) is 4.89. The van der Waals surface area contributed by atoms with E-state index in [1.807, 2.05) is 0 Å². The maximum atomic E-state index is 13.4. The van der Waals surface area contributed by atoms with Crippen LogP contribution in [0.3, 0.4) is 0 Å². The number of hydrazine groups is 1. The van der Waals surface area contributed by atoms with Gasteiger partial charge in [-0.25, -0.2) is 14.0 Å². The second kappa shape index (κ2) is 8.21.